The molecule has 0 aliphatic carbocycles. The summed E-state index contributed by atoms with van der Waals surface area (Å²) in [5.41, 5.74) is -0.534. The number of aliphatic hydroxyl groups excluding tert-OH is 1. The Balaban J connectivity index is 1.83. The van der Waals surface area contributed by atoms with Gasteiger partial charge < -0.3 is 24.4 Å². The lowest BCUT2D eigenvalue weighted by atomic mass is 9.70. The smallest absolute Gasteiger partial charge is 0.312 e. The Morgan fingerprint density at radius 2 is 2.00 bits per heavy atom. The van der Waals surface area contributed by atoms with Crippen molar-refractivity contribution >= 4 is 33.7 Å². The molecule has 9 heteroatoms. The molecule has 2 bridgehead atoms. The van der Waals surface area contributed by atoms with Gasteiger partial charge in [-0.2, -0.15) is 0 Å². The second kappa shape index (κ2) is 11.1. The normalized spacial score (nSPS) is 30.8. The molecule has 0 radical (unpaired) electrons. The zero-order chi connectivity index (χ0) is 26.9. The third kappa shape index (κ3) is 4.55. The molecular weight excluding hydrogens is 540 g/mol. The summed E-state index contributed by atoms with van der Waals surface area (Å²) < 4.78 is 12.0. The standard InChI is InChI=1S/C28H35BrN2O6/c1-5-7-14-36-27(35)21-22-25(33)31(20(16-32)18-11-9-8-10-12-18)24(26(34)30(13-6-2)17(3)4)28(22)15-19(29)23(21)37-28/h5-6,8-12,17,19-24,32H,1-2,7,13-16H2,3-4H3/t19?,20-,21+,22+,23+,24?,28?/m1/s1. The summed E-state index contributed by atoms with van der Waals surface area (Å²) in [4.78, 5) is 44.7. The van der Waals surface area contributed by atoms with Crippen molar-refractivity contribution in [3.8, 4) is 0 Å². The minimum Gasteiger partial charge on any atom is -0.465 e. The number of halogens is 1. The van der Waals surface area contributed by atoms with Crippen molar-refractivity contribution in [1.82, 2.24) is 9.80 Å². The Morgan fingerprint density at radius 1 is 1.30 bits per heavy atom. The zero-order valence-corrected chi connectivity index (χ0v) is 22.9. The van der Waals surface area contributed by atoms with Crippen LogP contribution in [0.3, 0.4) is 0 Å². The van der Waals surface area contributed by atoms with Gasteiger partial charge in [0.15, 0.2) is 0 Å². The van der Waals surface area contributed by atoms with Crippen LogP contribution in [0.15, 0.2) is 55.6 Å². The number of carbonyl (C=O) groups excluding carboxylic acids is 3. The van der Waals surface area contributed by atoms with Crippen molar-refractivity contribution < 1.29 is 29.0 Å². The molecule has 3 heterocycles. The summed E-state index contributed by atoms with van der Waals surface area (Å²) >= 11 is 3.66. The predicted molar refractivity (Wildman–Crippen MR) is 142 cm³/mol. The molecule has 3 aliphatic rings. The number of carbonyl (C=O) groups is 3. The van der Waals surface area contributed by atoms with Crippen molar-refractivity contribution in [2.24, 2.45) is 11.8 Å². The number of likely N-dealkylation sites (tertiary alicyclic amines) is 1. The maximum atomic E-state index is 14.3. The summed E-state index contributed by atoms with van der Waals surface area (Å²) in [5.74, 6) is -2.95. The third-order valence-electron chi connectivity index (χ3n) is 7.72. The number of benzene rings is 1. The van der Waals surface area contributed by atoms with Gasteiger partial charge in [-0.25, -0.2) is 0 Å². The molecule has 0 saturated carbocycles. The first-order valence-electron chi connectivity index (χ1n) is 12.7. The SMILES string of the molecule is C=CCCOC(=O)[C@H]1[C@H]2C(=O)N([C@H](CO)c3ccccc3)C(C(=O)N(CC=C)C(C)C)C23CC(Br)[C@@H]1O3. The van der Waals surface area contributed by atoms with Gasteiger partial charge in [0, 0.05) is 17.4 Å². The summed E-state index contributed by atoms with van der Waals surface area (Å²) in [7, 11) is 0. The second-order valence-electron chi connectivity index (χ2n) is 10.1. The summed E-state index contributed by atoms with van der Waals surface area (Å²) in [5, 5.41) is 10.5. The monoisotopic (exact) mass is 574 g/mol. The van der Waals surface area contributed by atoms with Gasteiger partial charge in [-0.3, -0.25) is 14.4 Å². The largest absolute Gasteiger partial charge is 0.465 e. The minimum absolute atomic E-state index is 0.155. The van der Waals surface area contributed by atoms with Gasteiger partial charge in [0.05, 0.1) is 37.2 Å². The molecule has 3 aliphatic heterocycles. The Hall–Kier alpha value is -2.49. The number of hydrogen-bond donors (Lipinski definition) is 1. The Bertz CT molecular complexity index is 1050. The van der Waals surface area contributed by atoms with E-state index in [-0.39, 0.29) is 35.9 Å². The van der Waals surface area contributed by atoms with Crippen LogP contribution in [0.2, 0.25) is 0 Å². The van der Waals surface area contributed by atoms with Crippen LogP contribution in [-0.4, -0.2) is 81.1 Å². The molecule has 0 aromatic heterocycles. The van der Waals surface area contributed by atoms with Crippen LogP contribution in [0.1, 0.15) is 38.3 Å². The summed E-state index contributed by atoms with van der Waals surface area (Å²) in [6.07, 6.45) is 3.57. The molecule has 1 aromatic rings. The number of alkyl halides is 1. The number of ether oxygens (including phenoxy) is 2. The molecule has 4 rings (SSSR count). The zero-order valence-electron chi connectivity index (χ0n) is 21.3. The van der Waals surface area contributed by atoms with Crippen molar-refractivity contribution in [2.45, 2.75) is 61.3 Å². The number of nitrogens with zero attached hydrogens (tertiary/aromatic N) is 2. The van der Waals surface area contributed by atoms with E-state index in [0.29, 0.717) is 24.9 Å². The van der Waals surface area contributed by atoms with Gasteiger partial charge >= 0.3 is 5.97 Å². The van der Waals surface area contributed by atoms with E-state index in [1.807, 2.05) is 44.2 Å². The highest BCUT2D eigenvalue weighted by molar-refractivity contribution is 9.09. The van der Waals surface area contributed by atoms with Crippen LogP contribution in [0, 0.1) is 11.8 Å². The third-order valence-corrected chi connectivity index (χ3v) is 8.57. The Morgan fingerprint density at radius 3 is 2.59 bits per heavy atom. The van der Waals surface area contributed by atoms with Gasteiger partial charge in [-0.1, -0.05) is 58.4 Å². The quantitative estimate of drug-likeness (QED) is 0.189. The molecule has 1 N–H and O–H groups in total. The first kappa shape index (κ1) is 27.5. The van der Waals surface area contributed by atoms with E-state index in [1.165, 1.54) is 4.90 Å². The lowest BCUT2D eigenvalue weighted by Crippen LogP contribution is -2.58. The number of hydrogen-bond acceptors (Lipinski definition) is 6. The van der Waals surface area contributed by atoms with Crippen molar-refractivity contribution in [1.29, 1.82) is 0 Å². The highest BCUT2D eigenvalue weighted by Gasteiger charge is 2.77. The van der Waals surface area contributed by atoms with E-state index < -0.39 is 41.6 Å². The van der Waals surface area contributed by atoms with E-state index in [2.05, 4.69) is 29.1 Å². The average molecular weight is 576 g/mol. The van der Waals surface area contributed by atoms with Gasteiger partial charge in [0.1, 0.15) is 11.6 Å². The second-order valence-corrected chi connectivity index (χ2v) is 11.3. The topological polar surface area (TPSA) is 96.4 Å². The minimum atomic E-state index is -1.23. The fourth-order valence-electron chi connectivity index (χ4n) is 6.17. The number of aliphatic hydroxyl groups is 1. The lowest BCUT2D eigenvalue weighted by molar-refractivity contribution is -0.156. The highest BCUT2D eigenvalue weighted by atomic mass is 79.9. The van der Waals surface area contributed by atoms with Gasteiger partial charge in [-0.15, -0.1) is 13.2 Å². The van der Waals surface area contributed by atoms with Crippen molar-refractivity contribution in [2.75, 3.05) is 19.8 Å². The highest BCUT2D eigenvalue weighted by Crippen LogP contribution is 2.61. The number of esters is 1. The molecule has 37 heavy (non-hydrogen) atoms. The van der Waals surface area contributed by atoms with E-state index in [0.717, 1.165) is 0 Å². The predicted octanol–water partition coefficient (Wildman–Crippen LogP) is 3.01. The van der Waals surface area contributed by atoms with E-state index in [1.54, 1.807) is 17.1 Å². The van der Waals surface area contributed by atoms with Crippen molar-refractivity contribution in [3.63, 3.8) is 0 Å². The van der Waals surface area contributed by atoms with Crippen LogP contribution in [-0.2, 0) is 23.9 Å². The molecular formula is C28H35BrN2O6. The number of fused-ring (bicyclic) bond motifs is 1. The van der Waals surface area contributed by atoms with E-state index in [4.69, 9.17) is 9.47 Å². The van der Waals surface area contributed by atoms with E-state index in [9.17, 15) is 19.5 Å². The van der Waals surface area contributed by atoms with Crippen LogP contribution in [0.25, 0.3) is 0 Å². The molecule has 1 spiro atoms. The van der Waals surface area contributed by atoms with Crippen LogP contribution in [0.5, 0.6) is 0 Å². The van der Waals surface area contributed by atoms with Gasteiger partial charge in [-0.05, 0) is 32.3 Å². The van der Waals surface area contributed by atoms with Gasteiger partial charge in [0.25, 0.3) is 0 Å². The molecule has 8 nitrogen and oxygen atoms in total. The molecule has 3 saturated heterocycles. The Kier molecular flexibility index (Phi) is 8.26. The molecule has 3 unspecified atom stereocenters. The summed E-state index contributed by atoms with van der Waals surface area (Å²) in [6.45, 7) is 11.3. The molecule has 1 aromatic carbocycles. The maximum absolute atomic E-state index is 14.3. The van der Waals surface area contributed by atoms with Crippen molar-refractivity contribution in [3.05, 3.63) is 61.2 Å². The van der Waals surface area contributed by atoms with Gasteiger partial charge in [0.2, 0.25) is 11.8 Å². The summed E-state index contributed by atoms with van der Waals surface area (Å²) in [6, 6.07) is 7.15. The fourth-order valence-corrected chi connectivity index (χ4v) is 7.11. The average Bonchev–Trinajstić information content (AvgIpc) is 3.47. The first-order valence-corrected chi connectivity index (χ1v) is 13.6. The number of amides is 2. The van der Waals surface area contributed by atoms with Crippen LogP contribution in [0.4, 0.5) is 0 Å². The van der Waals surface area contributed by atoms with E-state index >= 15 is 0 Å². The first-order chi connectivity index (χ1) is 17.7. The molecule has 3 fully saturated rings. The molecule has 2 amide bonds. The fraction of sp³-hybridized carbons (Fsp3) is 0.536. The molecule has 7 atom stereocenters. The Labute approximate surface area is 226 Å². The van der Waals surface area contributed by atoms with Crippen LogP contribution >= 0.6 is 15.9 Å². The maximum Gasteiger partial charge on any atom is 0.312 e. The van der Waals surface area contributed by atoms with Crippen LogP contribution < -0.4 is 0 Å². The number of rotatable bonds is 11. The molecule has 200 valence electrons. The lowest BCUT2D eigenvalue weighted by Gasteiger charge is -2.40.